The van der Waals surface area contributed by atoms with E-state index < -0.39 is 0 Å². The average molecular weight is 295 g/mol. The van der Waals surface area contributed by atoms with Crippen LogP contribution < -0.4 is 5.32 Å². The summed E-state index contributed by atoms with van der Waals surface area (Å²) < 4.78 is 0.877. The summed E-state index contributed by atoms with van der Waals surface area (Å²) in [7, 11) is 0. The van der Waals surface area contributed by atoms with E-state index >= 15 is 0 Å². The Kier molecular flexibility index (Phi) is 4.79. The average Bonchev–Trinajstić information content (AvgIpc) is 2.09. The van der Waals surface area contributed by atoms with Crippen molar-refractivity contribution in [3.05, 3.63) is 39.3 Å². The minimum atomic E-state index is 0.619. The largest absolute Gasteiger partial charge is 0.382 e. The van der Waals surface area contributed by atoms with Crippen molar-refractivity contribution in [1.29, 1.82) is 0 Å². The van der Waals surface area contributed by atoms with Crippen LogP contribution in [0.4, 0.5) is 5.69 Å². The van der Waals surface area contributed by atoms with Crippen LogP contribution in [0.5, 0.6) is 0 Å². The molecule has 0 saturated carbocycles. The van der Waals surface area contributed by atoms with E-state index in [9.17, 15) is 0 Å². The summed E-state index contributed by atoms with van der Waals surface area (Å²) in [5.41, 5.74) is 0.776. The molecule has 0 aromatic heterocycles. The van der Waals surface area contributed by atoms with Crippen molar-refractivity contribution in [1.82, 2.24) is 0 Å². The summed E-state index contributed by atoms with van der Waals surface area (Å²) in [4.78, 5) is 0. The summed E-state index contributed by atoms with van der Waals surface area (Å²) >= 11 is 15.3. The van der Waals surface area contributed by atoms with Crippen LogP contribution in [0.3, 0.4) is 0 Å². The molecule has 76 valence electrons. The molecule has 0 aliphatic rings. The Balaban J connectivity index is 2.80. The molecule has 0 spiro atoms. The molecule has 1 rings (SSSR count). The number of hydrogen-bond donors (Lipinski definition) is 1. The van der Waals surface area contributed by atoms with Gasteiger partial charge in [-0.2, -0.15) is 0 Å². The lowest BCUT2D eigenvalue weighted by Gasteiger charge is -2.09. The van der Waals surface area contributed by atoms with Crippen molar-refractivity contribution in [2.45, 2.75) is 6.42 Å². The lowest BCUT2D eigenvalue weighted by Crippen LogP contribution is -2.01. The van der Waals surface area contributed by atoms with Gasteiger partial charge in [0.05, 0.1) is 15.7 Å². The molecule has 14 heavy (non-hydrogen) atoms. The maximum absolute atomic E-state index is 6.01. The van der Waals surface area contributed by atoms with Crippen molar-refractivity contribution >= 4 is 44.8 Å². The third-order valence-corrected chi connectivity index (χ3v) is 2.71. The maximum Gasteiger partial charge on any atom is 0.0719 e. The van der Waals surface area contributed by atoms with Crippen LogP contribution in [-0.4, -0.2) is 6.54 Å². The van der Waals surface area contributed by atoms with Gasteiger partial charge in [-0.1, -0.05) is 45.2 Å². The molecule has 4 heteroatoms. The van der Waals surface area contributed by atoms with E-state index in [0.29, 0.717) is 10.0 Å². The molecule has 1 aromatic carbocycles. The highest BCUT2D eigenvalue weighted by Crippen LogP contribution is 2.33. The molecule has 1 N–H and O–H groups in total. The number of halogens is 3. The normalized spacial score (nSPS) is 9.93. The fourth-order valence-corrected chi connectivity index (χ4v) is 2.35. The molecular formula is C10H10BrCl2N. The van der Waals surface area contributed by atoms with Crippen LogP contribution in [0.15, 0.2) is 29.3 Å². The second-order valence-electron chi connectivity index (χ2n) is 2.75. The molecule has 0 unspecified atom stereocenters. The van der Waals surface area contributed by atoms with Gasteiger partial charge >= 0.3 is 0 Å². The van der Waals surface area contributed by atoms with Gasteiger partial charge in [-0.25, -0.2) is 0 Å². The first-order valence-corrected chi connectivity index (χ1v) is 5.69. The smallest absolute Gasteiger partial charge is 0.0719 e. The van der Waals surface area contributed by atoms with Crippen molar-refractivity contribution in [2.75, 3.05) is 11.9 Å². The Hall–Kier alpha value is -0.180. The minimum Gasteiger partial charge on any atom is -0.382 e. The molecule has 0 aliphatic heterocycles. The van der Waals surface area contributed by atoms with Gasteiger partial charge in [-0.15, -0.1) is 6.58 Å². The Morgan fingerprint density at radius 3 is 2.43 bits per heavy atom. The van der Waals surface area contributed by atoms with Gasteiger partial charge in [0.1, 0.15) is 0 Å². The first-order chi connectivity index (χ1) is 6.65. The third kappa shape index (κ3) is 3.19. The highest BCUT2D eigenvalue weighted by atomic mass is 79.9. The maximum atomic E-state index is 6.01. The van der Waals surface area contributed by atoms with Gasteiger partial charge in [0.2, 0.25) is 0 Å². The van der Waals surface area contributed by atoms with E-state index in [1.807, 2.05) is 18.2 Å². The van der Waals surface area contributed by atoms with Gasteiger partial charge in [-0.3, -0.25) is 0 Å². The summed E-state index contributed by atoms with van der Waals surface area (Å²) in [5.74, 6) is 0. The summed E-state index contributed by atoms with van der Waals surface area (Å²) in [6.45, 7) is 4.42. The lowest BCUT2D eigenvalue weighted by molar-refractivity contribution is 1.07. The monoisotopic (exact) mass is 293 g/mol. The zero-order valence-electron chi connectivity index (χ0n) is 7.49. The van der Waals surface area contributed by atoms with Crippen LogP contribution in [-0.2, 0) is 0 Å². The van der Waals surface area contributed by atoms with Crippen molar-refractivity contribution < 1.29 is 0 Å². The van der Waals surface area contributed by atoms with E-state index in [4.69, 9.17) is 23.2 Å². The second-order valence-corrected chi connectivity index (χ2v) is 4.48. The molecule has 0 bridgehead atoms. The van der Waals surface area contributed by atoms with Gasteiger partial charge in [0.25, 0.3) is 0 Å². The van der Waals surface area contributed by atoms with Crippen LogP contribution in [0.25, 0.3) is 0 Å². The zero-order valence-corrected chi connectivity index (χ0v) is 10.6. The number of rotatable bonds is 4. The first kappa shape index (κ1) is 11.9. The van der Waals surface area contributed by atoms with Crippen LogP contribution in [0, 0.1) is 0 Å². The minimum absolute atomic E-state index is 0.619. The molecule has 0 aliphatic carbocycles. The summed E-state index contributed by atoms with van der Waals surface area (Å²) in [6, 6.07) is 3.62. The zero-order chi connectivity index (χ0) is 10.6. The van der Waals surface area contributed by atoms with Crippen molar-refractivity contribution in [3.63, 3.8) is 0 Å². The highest BCUT2D eigenvalue weighted by Gasteiger charge is 2.05. The molecule has 1 aromatic rings. The Labute approximate surface area is 102 Å². The fourth-order valence-electron chi connectivity index (χ4n) is 1.01. The standard InChI is InChI=1S/C10H10BrCl2N/c1-2-3-4-14-10-8(12)5-7(11)6-9(10)13/h2,5-6,14H,1,3-4H2. The highest BCUT2D eigenvalue weighted by molar-refractivity contribution is 9.10. The molecule has 0 amide bonds. The lowest BCUT2D eigenvalue weighted by atomic mass is 10.3. The quantitative estimate of drug-likeness (QED) is 0.624. The van der Waals surface area contributed by atoms with Crippen LogP contribution in [0.1, 0.15) is 6.42 Å². The summed E-state index contributed by atoms with van der Waals surface area (Å²) in [6.07, 6.45) is 2.72. The molecule has 0 fully saturated rings. The number of nitrogens with one attached hydrogen (secondary N) is 1. The predicted molar refractivity (Wildman–Crippen MR) is 67.5 cm³/mol. The Bertz CT molecular complexity index is 316. The Morgan fingerprint density at radius 1 is 1.36 bits per heavy atom. The molecule has 1 nitrogen and oxygen atoms in total. The van der Waals surface area contributed by atoms with E-state index in [-0.39, 0.29) is 0 Å². The topological polar surface area (TPSA) is 12.0 Å². The summed E-state index contributed by atoms with van der Waals surface area (Å²) in [5, 5.41) is 4.39. The predicted octanol–water partition coefficient (Wildman–Crippen LogP) is 4.74. The molecule has 0 heterocycles. The van der Waals surface area contributed by atoms with Gasteiger partial charge < -0.3 is 5.32 Å². The second kappa shape index (κ2) is 5.64. The Morgan fingerprint density at radius 2 is 1.93 bits per heavy atom. The number of benzene rings is 1. The van der Waals surface area contributed by atoms with E-state index in [0.717, 1.165) is 23.1 Å². The molecule has 0 saturated heterocycles. The van der Waals surface area contributed by atoms with Gasteiger partial charge in [0.15, 0.2) is 0 Å². The first-order valence-electron chi connectivity index (χ1n) is 4.14. The third-order valence-electron chi connectivity index (χ3n) is 1.66. The van der Waals surface area contributed by atoms with E-state index in [1.54, 1.807) is 0 Å². The van der Waals surface area contributed by atoms with E-state index in [1.165, 1.54) is 0 Å². The SMILES string of the molecule is C=CCCNc1c(Cl)cc(Br)cc1Cl. The van der Waals surface area contributed by atoms with E-state index in [2.05, 4.69) is 27.8 Å². The van der Waals surface area contributed by atoms with Crippen LogP contribution >= 0.6 is 39.1 Å². The fraction of sp³-hybridized carbons (Fsp3) is 0.200. The van der Waals surface area contributed by atoms with Crippen LogP contribution in [0.2, 0.25) is 10.0 Å². The molecule has 0 atom stereocenters. The van der Waals surface area contributed by atoms with Gasteiger partial charge in [-0.05, 0) is 18.6 Å². The van der Waals surface area contributed by atoms with Crippen molar-refractivity contribution in [3.8, 4) is 0 Å². The van der Waals surface area contributed by atoms with Crippen molar-refractivity contribution in [2.24, 2.45) is 0 Å². The number of hydrogen-bond acceptors (Lipinski definition) is 1. The number of anilines is 1. The van der Waals surface area contributed by atoms with Gasteiger partial charge in [0, 0.05) is 11.0 Å². The molecule has 0 radical (unpaired) electrons. The molecular weight excluding hydrogens is 285 g/mol.